The number of aromatic amines is 1. The molecule has 1 aromatic heterocycles. The summed E-state index contributed by atoms with van der Waals surface area (Å²) in [6.45, 7) is 1.87. The van der Waals surface area contributed by atoms with Crippen LogP contribution in [0.5, 0.6) is 5.75 Å². The van der Waals surface area contributed by atoms with Crippen LogP contribution in [0.1, 0.15) is 11.5 Å². The molecule has 2 aromatic rings. The first-order valence-corrected chi connectivity index (χ1v) is 5.09. The van der Waals surface area contributed by atoms with Gasteiger partial charge in [-0.05, 0) is 31.2 Å². The maximum Gasteiger partial charge on any atom is 0.251 e. The van der Waals surface area contributed by atoms with E-state index in [1.165, 1.54) is 30.3 Å². The second-order valence-corrected chi connectivity index (χ2v) is 3.56. The standard InChI is InChI=1S/C12H11FN2O2/c1-8-14-10(6-12(16)15-8)7-17-11-4-2-9(13)3-5-11/h2-6H,7H2,1H3,(H,14,15,16). The molecule has 2 rings (SSSR count). The van der Waals surface area contributed by atoms with Crippen molar-refractivity contribution < 1.29 is 9.13 Å². The maximum absolute atomic E-state index is 12.6. The normalized spacial score (nSPS) is 10.2. The Hall–Kier alpha value is -2.17. The molecule has 17 heavy (non-hydrogen) atoms. The van der Waals surface area contributed by atoms with Gasteiger partial charge in [0.15, 0.2) is 0 Å². The lowest BCUT2D eigenvalue weighted by Gasteiger charge is -2.05. The molecular weight excluding hydrogens is 223 g/mol. The number of aryl methyl sites for hydroxylation is 1. The van der Waals surface area contributed by atoms with Gasteiger partial charge >= 0.3 is 0 Å². The summed E-state index contributed by atoms with van der Waals surface area (Å²) in [6, 6.07) is 7.04. The van der Waals surface area contributed by atoms with Crippen LogP contribution in [0.15, 0.2) is 35.1 Å². The molecule has 0 bridgehead atoms. The third kappa shape index (κ3) is 3.14. The minimum atomic E-state index is -0.317. The molecule has 0 saturated carbocycles. The molecule has 0 aliphatic heterocycles. The highest BCUT2D eigenvalue weighted by Crippen LogP contribution is 2.12. The Morgan fingerprint density at radius 3 is 2.71 bits per heavy atom. The van der Waals surface area contributed by atoms with Gasteiger partial charge in [-0.1, -0.05) is 0 Å². The predicted molar refractivity (Wildman–Crippen MR) is 60.3 cm³/mol. The topological polar surface area (TPSA) is 55.0 Å². The number of ether oxygens (including phenoxy) is 1. The van der Waals surface area contributed by atoms with Gasteiger partial charge in [-0.2, -0.15) is 0 Å². The van der Waals surface area contributed by atoms with Gasteiger partial charge < -0.3 is 9.72 Å². The number of halogens is 1. The number of benzene rings is 1. The van der Waals surface area contributed by atoms with E-state index in [0.717, 1.165) is 0 Å². The second kappa shape index (κ2) is 4.78. The summed E-state index contributed by atoms with van der Waals surface area (Å²) in [5.74, 6) is 0.754. The number of nitrogens with one attached hydrogen (secondary N) is 1. The summed E-state index contributed by atoms with van der Waals surface area (Å²) in [7, 11) is 0. The molecule has 88 valence electrons. The first-order valence-electron chi connectivity index (χ1n) is 5.09. The molecule has 4 nitrogen and oxygen atoms in total. The van der Waals surface area contributed by atoms with E-state index in [1.807, 2.05) is 0 Å². The molecule has 0 fully saturated rings. The van der Waals surface area contributed by atoms with E-state index in [2.05, 4.69) is 9.97 Å². The monoisotopic (exact) mass is 234 g/mol. The molecule has 0 atom stereocenters. The minimum Gasteiger partial charge on any atom is -0.487 e. The summed E-state index contributed by atoms with van der Waals surface area (Å²) in [5, 5.41) is 0. The van der Waals surface area contributed by atoms with E-state index < -0.39 is 0 Å². The quantitative estimate of drug-likeness (QED) is 0.880. The maximum atomic E-state index is 12.6. The third-order valence-corrected chi connectivity index (χ3v) is 2.11. The molecular formula is C12H11FN2O2. The molecule has 0 amide bonds. The van der Waals surface area contributed by atoms with E-state index in [-0.39, 0.29) is 18.0 Å². The van der Waals surface area contributed by atoms with Crippen LogP contribution in [0, 0.1) is 12.7 Å². The van der Waals surface area contributed by atoms with Crippen molar-refractivity contribution in [3.8, 4) is 5.75 Å². The van der Waals surface area contributed by atoms with Crippen molar-refractivity contribution in [3.05, 3.63) is 58.0 Å². The van der Waals surface area contributed by atoms with E-state index in [9.17, 15) is 9.18 Å². The smallest absolute Gasteiger partial charge is 0.251 e. The van der Waals surface area contributed by atoms with Crippen molar-refractivity contribution in [2.75, 3.05) is 0 Å². The zero-order chi connectivity index (χ0) is 12.3. The molecule has 5 heteroatoms. The average Bonchev–Trinajstić information content (AvgIpc) is 2.27. The Kier molecular flexibility index (Phi) is 3.18. The van der Waals surface area contributed by atoms with E-state index in [1.54, 1.807) is 6.92 Å². The number of H-pyrrole nitrogens is 1. The molecule has 0 radical (unpaired) electrons. The zero-order valence-corrected chi connectivity index (χ0v) is 9.24. The first-order chi connectivity index (χ1) is 8.13. The summed E-state index contributed by atoms with van der Waals surface area (Å²) in [6.07, 6.45) is 0. The van der Waals surface area contributed by atoms with Gasteiger partial charge in [0.25, 0.3) is 5.56 Å². The van der Waals surface area contributed by atoms with Gasteiger partial charge in [-0.3, -0.25) is 4.79 Å². The molecule has 1 N–H and O–H groups in total. The van der Waals surface area contributed by atoms with Gasteiger partial charge in [-0.15, -0.1) is 0 Å². The van der Waals surface area contributed by atoms with Gasteiger partial charge in [0.1, 0.15) is 24.0 Å². The van der Waals surface area contributed by atoms with Crippen LogP contribution < -0.4 is 10.3 Å². The van der Waals surface area contributed by atoms with Gasteiger partial charge in [0, 0.05) is 6.07 Å². The van der Waals surface area contributed by atoms with Crippen LogP contribution >= 0.6 is 0 Å². The molecule has 1 aromatic carbocycles. The second-order valence-electron chi connectivity index (χ2n) is 3.56. The lowest BCUT2D eigenvalue weighted by molar-refractivity contribution is 0.300. The number of hydrogen-bond acceptors (Lipinski definition) is 3. The van der Waals surface area contributed by atoms with E-state index in [4.69, 9.17) is 4.74 Å². The zero-order valence-electron chi connectivity index (χ0n) is 9.24. The van der Waals surface area contributed by atoms with Gasteiger partial charge in [0.2, 0.25) is 0 Å². The number of aromatic nitrogens is 2. The van der Waals surface area contributed by atoms with Crippen molar-refractivity contribution in [3.63, 3.8) is 0 Å². The number of nitrogens with zero attached hydrogens (tertiary/aromatic N) is 1. The lowest BCUT2D eigenvalue weighted by Crippen LogP contribution is -2.12. The molecule has 0 spiro atoms. The Bertz CT molecular complexity index is 563. The Morgan fingerprint density at radius 2 is 2.06 bits per heavy atom. The van der Waals surface area contributed by atoms with E-state index >= 15 is 0 Å². The molecule has 0 unspecified atom stereocenters. The fraction of sp³-hybridized carbons (Fsp3) is 0.167. The minimum absolute atomic E-state index is 0.177. The van der Waals surface area contributed by atoms with Crippen molar-refractivity contribution in [2.24, 2.45) is 0 Å². The summed E-state index contributed by atoms with van der Waals surface area (Å²) < 4.78 is 18.0. The van der Waals surface area contributed by atoms with Crippen LogP contribution in [0.3, 0.4) is 0 Å². The average molecular weight is 234 g/mol. The fourth-order valence-electron chi connectivity index (χ4n) is 1.40. The summed E-state index contributed by atoms with van der Waals surface area (Å²) in [5.41, 5.74) is 0.325. The molecule has 0 aliphatic carbocycles. The van der Waals surface area contributed by atoms with Crippen LogP contribution in [-0.4, -0.2) is 9.97 Å². The Balaban J connectivity index is 2.07. The van der Waals surface area contributed by atoms with E-state index in [0.29, 0.717) is 17.3 Å². The fourth-order valence-corrected chi connectivity index (χ4v) is 1.40. The number of rotatable bonds is 3. The predicted octanol–water partition coefficient (Wildman–Crippen LogP) is 1.80. The van der Waals surface area contributed by atoms with Gasteiger partial charge in [-0.25, -0.2) is 9.37 Å². The van der Waals surface area contributed by atoms with Crippen LogP contribution in [0.2, 0.25) is 0 Å². The van der Waals surface area contributed by atoms with Crippen molar-refractivity contribution >= 4 is 0 Å². The molecule has 0 saturated heterocycles. The van der Waals surface area contributed by atoms with Crippen LogP contribution in [0.25, 0.3) is 0 Å². The molecule has 0 aliphatic rings. The SMILES string of the molecule is Cc1nc(COc2ccc(F)cc2)cc(=O)[nH]1. The van der Waals surface area contributed by atoms with Crippen molar-refractivity contribution in [1.82, 2.24) is 9.97 Å². The highest BCUT2D eigenvalue weighted by Gasteiger charge is 2.00. The highest BCUT2D eigenvalue weighted by atomic mass is 19.1. The largest absolute Gasteiger partial charge is 0.487 e. The van der Waals surface area contributed by atoms with Crippen molar-refractivity contribution in [2.45, 2.75) is 13.5 Å². The van der Waals surface area contributed by atoms with Crippen LogP contribution in [-0.2, 0) is 6.61 Å². The summed E-state index contributed by atoms with van der Waals surface area (Å²) in [4.78, 5) is 17.8. The summed E-state index contributed by atoms with van der Waals surface area (Å²) >= 11 is 0. The third-order valence-electron chi connectivity index (χ3n) is 2.11. The van der Waals surface area contributed by atoms with Crippen molar-refractivity contribution in [1.29, 1.82) is 0 Å². The van der Waals surface area contributed by atoms with Gasteiger partial charge in [0.05, 0.1) is 5.69 Å². The molecule has 1 heterocycles. The highest BCUT2D eigenvalue weighted by molar-refractivity contribution is 5.22. The Morgan fingerprint density at radius 1 is 1.35 bits per heavy atom. The first kappa shape index (κ1) is 11.3. The Labute approximate surface area is 97.1 Å². The number of hydrogen-bond donors (Lipinski definition) is 1. The lowest BCUT2D eigenvalue weighted by atomic mass is 10.3. The van der Waals surface area contributed by atoms with Crippen LogP contribution in [0.4, 0.5) is 4.39 Å².